The Hall–Kier alpha value is -1.65. The highest BCUT2D eigenvalue weighted by Crippen LogP contribution is 2.35. The molecule has 2 rings (SSSR count). The normalized spacial score (nSPS) is 31.9. The maximum absolute atomic E-state index is 11.4. The number of carbonyl (C=O) groups is 2. The molecule has 15 heavy (non-hydrogen) atoms. The molecule has 5 heteroatoms. The van der Waals surface area contributed by atoms with Crippen molar-refractivity contribution in [3.63, 3.8) is 0 Å². The quantitative estimate of drug-likeness (QED) is 0.468. The molecule has 2 aliphatic heterocycles. The summed E-state index contributed by atoms with van der Waals surface area (Å²) < 4.78 is 9.82. The van der Waals surface area contributed by atoms with Gasteiger partial charge in [-0.2, -0.15) is 0 Å². The summed E-state index contributed by atoms with van der Waals surface area (Å²) in [7, 11) is 0. The molecule has 0 amide bonds. The van der Waals surface area contributed by atoms with E-state index < -0.39 is 17.5 Å². The van der Waals surface area contributed by atoms with Gasteiger partial charge in [-0.15, -0.1) is 0 Å². The van der Waals surface area contributed by atoms with E-state index in [-0.39, 0.29) is 11.8 Å². The van der Waals surface area contributed by atoms with Crippen molar-refractivity contribution in [2.75, 3.05) is 0 Å². The topological polar surface area (TPSA) is 65.0 Å². The minimum absolute atomic E-state index is 0.146. The van der Waals surface area contributed by atoms with Gasteiger partial charge >= 0.3 is 11.9 Å². The lowest BCUT2D eigenvalue weighted by Gasteiger charge is -2.21. The second-order valence-corrected chi connectivity index (χ2v) is 3.84. The molecule has 80 valence electrons. The van der Waals surface area contributed by atoms with E-state index >= 15 is 0 Å². The van der Waals surface area contributed by atoms with Crippen molar-refractivity contribution < 1.29 is 19.1 Å². The van der Waals surface area contributed by atoms with E-state index in [9.17, 15) is 9.59 Å². The van der Waals surface area contributed by atoms with Crippen LogP contribution in [0.2, 0.25) is 0 Å². The van der Waals surface area contributed by atoms with Crippen LogP contribution in [0.25, 0.3) is 0 Å². The van der Waals surface area contributed by atoms with Crippen molar-refractivity contribution in [1.82, 2.24) is 0 Å². The monoisotopic (exact) mass is 209 g/mol. The number of aliphatic imine (C=N–C) groups is 1. The molecule has 0 N–H and O–H groups in total. The van der Waals surface area contributed by atoms with E-state index in [0.717, 1.165) is 0 Å². The van der Waals surface area contributed by atoms with Crippen LogP contribution in [0, 0.1) is 0 Å². The molecule has 0 saturated carbocycles. The number of hydrogen-bond donors (Lipinski definition) is 0. The van der Waals surface area contributed by atoms with E-state index in [1.807, 2.05) is 6.92 Å². The number of nitrogens with zero attached hydrogens (tertiary/aromatic N) is 1. The first-order valence-electron chi connectivity index (χ1n) is 4.65. The first-order valence-corrected chi connectivity index (χ1v) is 4.65. The summed E-state index contributed by atoms with van der Waals surface area (Å²) in [6.07, 6.45) is 3.74. The zero-order valence-corrected chi connectivity index (χ0v) is 8.52. The summed E-state index contributed by atoms with van der Waals surface area (Å²) in [5.74, 6) is -1.29. The van der Waals surface area contributed by atoms with Gasteiger partial charge in [0, 0.05) is 13.3 Å². The van der Waals surface area contributed by atoms with Crippen LogP contribution in [0.1, 0.15) is 20.3 Å². The fourth-order valence-corrected chi connectivity index (χ4v) is 1.73. The molecule has 2 aliphatic rings. The lowest BCUT2D eigenvalue weighted by Crippen LogP contribution is -2.32. The van der Waals surface area contributed by atoms with Gasteiger partial charge in [0.25, 0.3) is 0 Å². The average Bonchev–Trinajstić information content (AvgIpc) is 2.57. The Balaban J connectivity index is 2.11. The van der Waals surface area contributed by atoms with Crippen LogP contribution in [-0.4, -0.2) is 29.3 Å². The van der Waals surface area contributed by atoms with Crippen LogP contribution < -0.4 is 0 Å². The van der Waals surface area contributed by atoms with Crippen molar-refractivity contribution >= 4 is 17.7 Å². The molecule has 5 nitrogen and oxygen atoms in total. The van der Waals surface area contributed by atoms with Crippen molar-refractivity contribution in [2.24, 2.45) is 4.99 Å². The Labute approximate surface area is 86.8 Å². The molecule has 0 radical (unpaired) electrons. The van der Waals surface area contributed by atoms with Crippen LogP contribution in [0.5, 0.6) is 0 Å². The number of fused-ring (bicyclic) bond motifs is 1. The average molecular weight is 209 g/mol. The summed E-state index contributed by atoms with van der Waals surface area (Å²) in [6, 6.07) is -0.146. The number of ether oxygens (including phenoxy) is 2. The van der Waals surface area contributed by atoms with Gasteiger partial charge in [-0.25, -0.2) is 4.79 Å². The van der Waals surface area contributed by atoms with Gasteiger partial charge in [-0.1, -0.05) is 0 Å². The summed E-state index contributed by atoms with van der Waals surface area (Å²) >= 11 is 0. The molecule has 0 aromatic heterocycles. The minimum atomic E-state index is -0.671. The predicted molar refractivity (Wildman–Crippen MR) is 51.2 cm³/mol. The molecule has 0 aromatic carbocycles. The van der Waals surface area contributed by atoms with Crippen molar-refractivity contribution in [1.29, 1.82) is 0 Å². The maximum Gasteiger partial charge on any atom is 0.360 e. The van der Waals surface area contributed by atoms with Crippen molar-refractivity contribution in [2.45, 2.75) is 31.9 Å². The second kappa shape index (κ2) is 3.18. The molecule has 0 bridgehead atoms. The summed E-state index contributed by atoms with van der Waals surface area (Å²) in [6.45, 7) is 3.06. The lowest BCUT2D eigenvalue weighted by molar-refractivity contribution is -0.153. The highest BCUT2D eigenvalue weighted by atomic mass is 16.6. The minimum Gasteiger partial charge on any atom is -0.492 e. The molecule has 2 heterocycles. The SMILES string of the molecule is CC(=O)OC(=O)C1=NC2C=COC2(C)C1. The van der Waals surface area contributed by atoms with Crippen LogP contribution in [0.15, 0.2) is 17.3 Å². The van der Waals surface area contributed by atoms with Gasteiger partial charge in [0.1, 0.15) is 17.4 Å². The molecule has 0 spiro atoms. The third-order valence-electron chi connectivity index (χ3n) is 2.51. The predicted octanol–water partition coefficient (Wildman–Crippen LogP) is 0.592. The third kappa shape index (κ3) is 1.65. The van der Waals surface area contributed by atoms with Gasteiger partial charge in [0.2, 0.25) is 0 Å². The molecule has 2 unspecified atom stereocenters. The van der Waals surface area contributed by atoms with Gasteiger partial charge in [-0.05, 0) is 13.0 Å². The van der Waals surface area contributed by atoms with Crippen LogP contribution in [0.3, 0.4) is 0 Å². The smallest absolute Gasteiger partial charge is 0.360 e. The van der Waals surface area contributed by atoms with E-state index in [1.165, 1.54) is 6.92 Å². The van der Waals surface area contributed by atoms with E-state index in [2.05, 4.69) is 9.73 Å². The van der Waals surface area contributed by atoms with Crippen LogP contribution >= 0.6 is 0 Å². The molecular formula is C10H11NO4. The van der Waals surface area contributed by atoms with E-state index in [4.69, 9.17) is 4.74 Å². The Kier molecular flexibility index (Phi) is 2.10. The zero-order valence-electron chi connectivity index (χ0n) is 8.52. The highest BCUT2D eigenvalue weighted by molar-refractivity contribution is 6.38. The van der Waals surface area contributed by atoms with Gasteiger partial charge < -0.3 is 9.47 Å². The number of rotatable bonds is 1. The molecular weight excluding hydrogens is 198 g/mol. The van der Waals surface area contributed by atoms with Crippen molar-refractivity contribution in [3.8, 4) is 0 Å². The number of esters is 2. The Bertz CT molecular complexity index is 385. The van der Waals surface area contributed by atoms with Crippen molar-refractivity contribution in [3.05, 3.63) is 12.3 Å². The molecule has 0 saturated heterocycles. The molecule has 2 atom stereocenters. The van der Waals surface area contributed by atoms with E-state index in [0.29, 0.717) is 6.42 Å². The summed E-state index contributed by atoms with van der Waals surface area (Å²) in [5.41, 5.74) is -0.215. The summed E-state index contributed by atoms with van der Waals surface area (Å²) in [4.78, 5) is 26.1. The lowest BCUT2D eigenvalue weighted by atomic mass is 9.96. The zero-order chi connectivity index (χ0) is 11.1. The standard InChI is InChI=1S/C10H11NO4/c1-6(12)15-9(13)7-5-10(2)8(11-7)3-4-14-10/h3-4,8H,5H2,1-2H3. The molecule has 0 aromatic rings. The Morgan fingerprint density at radius 1 is 1.67 bits per heavy atom. The maximum atomic E-state index is 11.4. The Morgan fingerprint density at radius 3 is 3.00 bits per heavy atom. The van der Waals surface area contributed by atoms with Gasteiger partial charge in [0.05, 0.1) is 6.26 Å². The summed E-state index contributed by atoms with van der Waals surface area (Å²) in [5, 5.41) is 0. The fraction of sp³-hybridized carbons (Fsp3) is 0.500. The third-order valence-corrected chi connectivity index (χ3v) is 2.51. The number of carbonyl (C=O) groups excluding carboxylic acids is 2. The van der Waals surface area contributed by atoms with Crippen LogP contribution in [0.4, 0.5) is 0 Å². The molecule has 0 aliphatic carbocycles. The molecule has 0 fully saturated rings. The van der Waals surface area contributed by atoms with Crippen LogP contribution in [-0.2, 0) is 19.1 Å². The first kappa shape index (κ1) is 9.89. The second-order valence-electron chi connectivity index (χ2n) is 3.84. The fourth-order valence-electron chi connectivity index (χ4n) is 1.73. The largest absolute Gasteiger partial charge is 0.492 e. The van der Waals surface area contributed by atoms with Gasteiger partial charge in [0.15, 0.2) is 0 Å². The number of hydrogen-bond acceptors (Lipinski definition) is 5. The first-order chi connectivity index (χ1) is 7.01. The Morgan fingerprint density at radius 2 is 2.40 bits per heavy atom. The van der Waals surface area contributed by atoms with E-state index in [1.54, 1.807) is 12.3 Å². The van der Waals surface area contributed by atoms with Gasteiger partial charge in [-0.3, -0.25) is 9.79 Å². The highest BCUT2D eigenvalue weighted by Gasteiger charge is 2.46.